The molecule has 0 radical (unpaired) electrons. The first-order chi connectivity index (χ1) is 32.2. The van der Waals surface area contributed by atoms with Gasteiger partial charge in [0.2, 0.25) is 11.6 Å². The second-order valence-corrected chi connectivity index (χ2v) is 22.8. The molecule has 372 valence electrons. The maximum Gasteiger partial charge on any atom is 0.296 e. The number of benzene rings is 4. The minimum absolute atomic E-state index is 0.0939. The summed E-state index contributed by atoms with van der Waals surface area (Å²) in [5.74, 6) is -2.39. The van der Waals surface area contributed by atoms with Crippen LogP contribution in [0.5, 0.6) is 0 Å². The summed E-state index contributed by atoms with van der Waals surface area (Å²) in [6.07, 6.45) is 3.30. The number of hydrogen-bond acceptors (Lipinski definition) is 20. The number of nitrogens with zero attached hydrogens (tertiary/aromatic N) is 2. The van der Waals surface area contributed by atoms with Crippen molar-refractivity contribution in [2.75, 3.05) is 34.6 Å². The average molecular weight is 1090 g/mol. The van der Waals surface area contributed by atoms with Gasteiger partial charge in [0.1, 0.15) is 19.6 Å². The minimum Gasteiger partial charge on any atom is -0.385 e. The summed E-state index contributed by atoms with van der Waals surface area (Å²) in [4.78, 5) is 21.9. The molecular formula is C38H34N6O20S6. The van der Waals surface area contributed by atoms with Crippen LogP contribution < -0.4 is 21.5 Å². The SMILES string of the molecule is CCNc1cc(S(=O)(=O)O)cc2c1C(=O)/C(=N/Nc1ccc(/C=C/c3ccc(N/N=C4/C(=O)c5c(cc(S(=O)(=O)O)cc5NCC)C=C4S(=O)(=O)O)cc3S(=O)(=O)O)c(S(=O)(=O)O)c1)C(S(=O)(=O)O)=C2. The van der Waals surface area contributed by atoms with Crippen LogP contribution in [0, 0.1) is 0 Å². The van der Waals surface area contributed by atoms with Gasteiger partial charge in [0.15, 0.2) is 11.4 Å². The Balaban J connectivity index is 1.35. The van der Waals surface area contributed by atoms with Gasteiger partial charge in [-0.25, -0.2) is 0 Å². The van der Waals surface area contributed by atoms with Gasteiger partial charge in [0.25, 0.3) is 60.7 Å². The zero-order chi connectivity index (χ0) is 52.1. The zero-order valence-electron chi connectivity index (χ0n) is 35.2. The molecule has 26 nitrogen and oxygen atoms in total. The summed E-state index contributed by atoms with van der Waals surface area (Å²) in [5, 5.41) is 12.9. The molecule has 0 fully saturated rings. The molecule has 0 saturated heterocycles. The van der Waals surface area contributed by atoms with Gasteiger partial charge in [-0.1, -0.05) is 24.3 Å². The lowest BCUT2D eigenvalue weighted by Gasteiger charge is -2.20. The molecule has 6 rings (SSSR count). The van der Waals surface area contributed by atoms with Crippen LogP contribution in [0.15, 0.2) is 100 Å². The van der Waals surface area contributed by atoms with Crippen LogP contribution in [-0.2, 0) is 60.7 Å². The van der Waals surface area contributed by atoms with E-state index in [0.29, 0.717) is 12.2 Å². The third kappa shape index (κ3) is 11.4. The number of rotatable bonds is 16. The van der Waals surface area contributed by atoms with E-state index in [-0.39, 0.29) is 69.2 Å². The molecule has 0 spiro atoms. The smallest absolute Gasteiger partial charge is 0.296 e. The topological polar surface area (TPSA) is 433 Å². The third-order valence-electron chi connectivity index (χ3n) is 9.71. The van der Waals surface area contributed by atoms with Gasteiger partial charge in [-0.05, 0) is 96.8 Å². The number of Topliss-reactive ketones (excluding diaryl/α,β-unsaturated/α-hetero) is 2. The fourth-order valence-corrected chi connectivity index (χ4v) is 10.6. The first-order valence-electron chi connectivity index (χ1n) is 19.1. The summed E-state index contributed by atoms with van der Waals surface area (Å²) in [5.41, 5.74) is -0.644. The summed E-state index contributed by atoms with van der Waals surface area (Å²) < 4.78 is 207. The highest BCUT2D eigenvalue weighted by atomic mass is 32.2. The lowest BCUT2D eigenvalue weighted by molar-refractivity contribution is 0.105. The number of fused-ring (bicyclic) bond motifs is 2. The van der Waals surface area contributed by atoms with Crippen LogP contribution in [0.2, 0.25) is 0 Å². The first-order valence-corrected chi connectivity index (χ1v) is 27.7. The van der Waals surface area contributed by atoms with Crippen molar-refractivity contribution in [2.45, 2.75) is 33.4 Å². The number of anilines is 4. The molecule has 10 N–H and O–H groups in total. The number of ketones is 2. The highest BCUT2D eigenvalue weighted by molar-refractivity contribution is 7.91. The van der Waals surface area contributed by atoms with Crippen molar-refractivity contribution in [1.29, 1.82) is 0 Å². The lowest BCUT2D eigenvalue weighted by Crippen LogP contribution is -2.28. The highest BCUT2D eigenvalue weighted by Gasteiger charge is 2.37. The Hall–Kier alpha value is -6.56. The molecule has 0 aromatic heterocycles. The van der Waals surface area contributed by atoms with E-state index in [1.54, 1.807) is 13.8 Å². The molecule has 70 heavy (non-hydrogen) atoms. The number of allylic oxidation sites excluding steroid dienone is 2. The van der Waals surface area contributed by atoms with Gasteiger partial charge in [0, 0.05) is 24.5 Å². The first kappa shape index (κ1) is 52.8. The van der Waals surface area contributed by atoms with Gasteiger partial charge in [-0.3, -0.25) is 47.8 Å². The number of hydrazone groups is 2. The molecule has 2 aliphatic carbocycles. The molecule has 0 aliphatic heterocycles. The molecule has 0 saturated carbocycles. The van der Waals surface area contributed by atoms with E-state index in [4.69, 9.17) is 0 Å². The second kappa shape index (κ2) is 19.0. The zero-order valence-corrected chi connectivity index (χ0v) is 40.1. The lowest BCUT2D eigenvalue weighted by atomic mass is 9.93. The monoisotopic (exact) mass is 1090 g/mol. The summed E-state index contributed by atoms with van der Waals surface area (Å²) in [7, 11) is -30.8. The minimum atomic E-state index is -5.30. The van der Waals surface area contributed by atoms with Crippen molar-refractivity contribution in [3.63, 3.8) is 0 Å². The van der Waals surface area contributed by atoms with Crippen LogP contribution in [0.25, 0.3) is 24.3 Å². The molecular weight excluding hydrogens is 1050 g/mol. The molecule has 0 bridgehead atoms. The fraction of sp³-hybridized carbons (Fsp3) is 0.105. The average Bonchev–Trinajstić information content (AvgIpc) is 3.23. The summed E-state index contributed by atoms with van der Waals surface area (Å²) >= 11 is 0. The summed E-state index contributed by atoms with van der Waals surface area (Å²) in [6, 6.07) is 9.00. The predicted molar refractivity (Wildman–Crippen MR) is 252 cm³/mol. The van der Waals surface area contributed by atoms with Gasteiger partial charge < -0.3 is 10.6 Å². The van der Waals surface area contributed by atoms with E-state index >= 15 is 0 Å². The Morgan fingerprint density at radius 3 is 1.10 bits per heavy atom. The predicted octanol–water partition coefficient (Wildman–Crippen LogP) is 3.49. The van der Waals surface area contributed by atoms with E-state index in [0.717, 1.165) is 72.8 Å². The van der Waals surface area contributed by atoms with Crippen LogP contribution >= 0.6 is 0 Å². The number of carbonyl (C=O) groups is 2. The van der Waals surface area contributed by atoms with E-state index < -0.39 is 113 Å². The molecule has 4 aromatic rings. The molecule has 0 atom stereocenters. The van der Waals surface area contributed by atoms with Crippen molar-refractivity contribution in [2.24, 2.45) is 10.2 Å². The van der Waals surface area contributed by atoms with Crippen LogP contribution in [0.1, 0.15) is 56.8 Å². The Labute approximate surface area is 398 Å². The molecule has 0 heterocycles. The van der Waals surface area contributed by atoms with E-state index in [1.165, 1.54) is 0 Å². The van der Waals surface area contributed by atoms with Crippen molar-refractivity contribution < 1.29 is 87.4 Å². The van der Waals surface area contributed by atoms with Gasteiger partial charge in [-0.2, -0.15) is 60.7 Å². The van der Waals surface area contributed by atoms with Gasteiger partial charge in [0.05, 0.1) is 32.3 Å². The van der Waals surface area contributed by atoms with Crippen LogP contribution in [0.3, 0.4) is 0 Å². The maximum atomic E-state index is 13.7. The highest BCUT2D eigenvalue weighted by Crippen LogP contribution is 2.36. The largest absolute Gasteiger partial charge is 0.385 e. The van der Waals surface area contributed by atoms with Crippen molar-refractivity contribution in [3.8, 4) is 0 Å². The van der Waals surface area contributed by atoms with E-state index in [1.807, 2.05) is 0 Å². The molecule has 2 aliphatic rings. The Bertz CT molecular complexity index is 3580. The van der Waals surface area contributed by atoms with E-state index in [9.17, 15) is 87.4 Å². The molecule has 4 aromatic carbocycles. The number of nitrogens with one attached hydrogen (secondary N) is 4. The number of carbonyl (C=O) groups excluding carboxylic acids is 2. The summed E-state index contributed by atoms with van der Waals surface area (Å²) in [6.45, 7) is 3.31. The van der Waals surface area contributed by atoms with Gasteiger partial charge >= 0.3 is 0 Å². The standard InChI is InChI=1S/C38H34N6O20S6/c1-3-39-27-17-25(65(47,48)49)11-21-13-31(69(59,60)61)35(37(45)33(21)27)43-41-23-9-7-19(29(15-23)67(53,54)55)5-6-20-8-10-24(16-30(20)68(56,57)58)42-44-36-32(70(62,63)64)14-22-12-26(66(50,51)52)18-28(40-4-2)34(22)38(36)46/h5-18,39-42H,3-4H2,1-2H3,(H,47,48,49)(H,50,51,52)(H,53,54,55)(H,56,57,58)(H,59,60,61)(H,62,63,64)/b6-5+,43-35+,44-36+. The number of hydrogen-bond donors (Lipinski definition) is 10. The van der Waals surface area contributed by atoms with Crippen molar-refractivity contribution in [1.82, 2.24) is 0 Å². The molecule has 0 unspecified atom stereocenters. The Morgan fingerprint density at radius 1 is 0.471 bits per heavy atom. The van der Waals surface area contributed by atoms with Crippen molar-refractivity contribution >= 4 is 131 Å². The molecule has 32 heteroatoms. The van der Waals surface area contributed by atoms with Crippen LogP contribution in [-0.4, -0.2) is 114 Å². The van der Waals surface area contributed by atoms with Gasteiger partial charge in [-0.15, -0.1) is 0 Å². The normalized spacial score (nSPS) is 15.9. The maximum absolute atomic E-state index is 13.7. The van der Waals surface area contributed by atoms with E-state index in [2.05, 4.69) is 31.7 Å². The third-order valence-corrected chi connectivity index (χ3v) is 14.9. The Morgan fingerprint density at radius 2 is 0.814 bits per heavy atom. The molecule has 0 amide bonds. The van der Waals surface area contributed by atoms with Crippen LogP contribution in [0.4, 0.5) is 22.7 Å². The second-order valence-electron chi connectivity index (χ2n) is 14.4. The fourth-order valence-electron chi connectivity index (χ4n) is 6.80. The van der Waals surface area contributed by atoms with Crippen molar-refractivity contribution in [3.05, 3.63) is 104 Å². The quantitative estimate of drug-likeness (QED) is 0.0436. The Kier molecular flexibility index (Phi) is 14.3.